The van der Waals surface area contributed by atoms with Crippen molar-refractivity contribution >= 4 is 5.69 Å². The lowest BCUT2D eigenvalue weighted by molar-refractivity contribution is 0.436. The molecular weight excluding hydrogens is 224 g/mol. The summed E-state index contributed by atoms with van der Waals surface area (Å²) in [6.45, 7) is 6.56. The average molecular weight is 248 g/mol. The Morgan fingerprint density at radius 1 is 1.33 bits per heavy atom. The maximum atomic E-state index is 10.1. The molecule has 1 heterocycles. The van der Waals surface area contributed by atoms with Crippen LogP contribution in [0.4, 0.5) is 5.69 Å². The van der Waals surface area contributed by atoms with Crippen LogP contribution in [-0.2, 0) is 0 Å². The molecule has 1 fully saturated rings. The van der Waals surface area contributed by atoms with Gasteiger partial charge in [0.05, 0.1) is 0 Å². The second-order valence-corrected chi connectivity index (χ2v) is 5.42. The molecule has 1 aliphatic heterocycles. The van der Waals surface area contributed by atoms with Crippen molar-refractivity contribution in [1.29, 1.82) is 0 Å². The fourth-order valence-corrected chi connectivity index (χ4v) is 2.52. The maximum absolute atomic E-state index is 10.1. The monoisotopic (exact) mass is 248 g/mol. The molecule has 0 radical (unpaired) electrons. The SMILES string of the molecule is CNC(C)c1ccc(N2CCC(C)CC2)cc1O. The van der Waals surface area contributed by atoms with Crippen LogP contribution in [0.2, 0.25) is 0 Å². The molecule has 0 aliphatic carbocycles. The lowest BCUT2D eigenvalue weighted by Gasteiger charge is -2.32. The molecule has 0 bridgehead atoms. The Balaban J connectivity index is 2.13. The summed E-state index contributed by atoms with van der Waals surface area (Å²) in [6, 6.07) is 6.24. The highest BCUT2D eigenvalue weighted by molar-refractivity contribution is 5.54. The first-order chi connectivity index (χ1) is 8.61. The molecule has 1 saturated heterocycles. The number of hydrogen-bond acceptors (Lipinski definition) is 3. The van der Waals surface area contributed by atoms with Crippen molar-refractivity contribution < 1.29 is 5.11 Å². The highest BCUT2D eigenvalue weighted by Gasteiger charge is 2.17. The van der Waals surface area contributed by atoms with Crippen LogP contribution in [0.5, 0.6) is 5.75 Å². The third-order valence-electron chi connectivity index (χ3n) is 4.06. The molecule has 3 nitrogen and oxygen atoms in total. The van der Waals surface area contributed by atoms with E-state index in [2.05, 4.69) is 30.1 Å². The Bertz CT molecular complexity index is 397. The van der Waals surface area contributed by atoms with E-state index < -0.39 is 0 Å². The number of hydrogen-bond donors (Lipinski definition) is 2. The Morgan fingerprint density at radius 2 is 2.00 bits per heavy atom. The van der Waals surface area contributed by atoms with Crippen molar-refractivity contribution in [1.82, 2.24) is 5.32 Å². The third-order valence-corrected chi connectivity index (χ3v) is 4.06. The Morgan fingerprint density at radius 3 is 2.56 bits per heavy atom. The molecule has 2 rings (SSSR count). The van der Waals surface area contributed by atoms with Gasteiger partial charge in [-0.15, -0.1) is 0 Å². The number of benzene rings is 1. The van der Waals surface area contributed by atoms with E-state index in [1.165, 1.54) is 12.8 Å². The molecule has 1 atom stereocenters. The highest BCUT2D eigenvalue weighted by atomic mass is 16.3. The van der Waals surface area contributed by atoms with Crippen LogP contribution in [0.15, 0.2) is 18.2 Å². The molecule has 3 heteroatoms. The zero-order valence-corrected chi connectivity index (χ0v) is 11.6. The van der Waals surface area contributed by atoms with Crippen LogP contribution >= 0.6 is 0 Å². The molecule has 0 aromatic heterocycles. The van der Waals surface area contributed by atoms with Gasteiger partial charge in [0.2, 0.25) is 0 Å². The third kappa shape index (κ3) is 2.78. The van der Waals surface area contributed by atoms with Gasteiger partial charge in [0, 0.05) is 36.4 Å². The fourth-order valence-electron chi connectivity index (χ4n) is 2.52. The standard InChI is InChI=1S/C15H24N2O/c1-11-6-8-17(9-7-11)13-4-5-14(12(2)16-3)15(18)10-13/h4-5,10-12,16,18H,6-9H2,1-3H3. The first-order valence-electron chi connectivity index (χ1n) is 6.87. The average Bonchev–Trinajstić information content (AvgIpc) is 2.38. The van der Waals surface area contributed by atoms with Crippen LogP contribution in [0.1, 0.15) is 38.3 Å². The summed E-state index contributed by atoms with van der Waals surface area (Å²) in [6.07, 6.45) is 2.49. The number of nitrogens with one attached hydrogen (secondary N) is 1. The maximum Gasteiger partial charge on any atom is 0.122 e. The van der Waals surface area contributed by atoms with Crippen LogP contribution in [-0.4, -0.2) is 25.2 Å². The van der Waals surface area contributed by atoms with Gasteiger partial charge in [0.15, 0.2) is 0 Å². The van der Waals surface area contributed by atoms with Gasteiger partial charge in [0.25, 0.3) is 0 Å². The highest BCUT2D eigenvalue weighted by Crippen LogP contribution is 2.30. The number of phenols is 1. The van der Waals surface area contributed by atoms with Crippen LogP contribution in [0.25, 0.3) is 0 Å². The topological polar surface area (TPSA) is 35.5 Å². The van der Waals surface area contributed by atoms with E-state index in [1.807, 2.05) is 19.2 Å². The first kappa shape index (κ1) is 13.2. The molecule has 2 N–H and O–H groups in total. The summed E-state index contributed by atoms with van der Waals surface area (Å²) in [5.41, 5.74) is 2.11. The minimum Gasteiger partial charge on any atom is -0.508 e. The smallest absolute Gasteiger partial charge is 0.122 e. The van der Waals surface area contributed by atoms with E-state index in [9.17, 15) is 5.11 Å². The molecule has 0 saturated carbocycles. The first-order valence-corrected chi connectivity index (χ1v) is 6.87. The second-order valence-electron chi connectivity index (χ2n) is 5.42. The quantitative estimate of drug-likeness (QED) is 0.863. The summed E-state index contributed by atoms with van der Waals surface area (Å²) in [4.78, 5) is 2.37. The van der Waals surface area contributed by atoms with E-state index in [-0.39, 0.29) is 6.04 Å². The largest absolute Gasteiger partial charge is 0.508 e. The Hall–Kier alpha value is -1.22. The number of phenolic OH excluding ortho intramolecular Hbond substituents is 1. The van der Waals surface area contributed by atoms with Gasteiger partial charge in [-0.1, -0.05) is 13.0 Å². The van der Waals surface area contributed by atoms with Gasteiger partial charge in [-0.05, 0) is 38.8 Å². The van der Waals surface area contributed by atoms with E-state index >= 15 is 0 Å². The van der Waals surface area contributed by atoms with Gasteiger partial charge in [-0.3, -0.25) is 0 Å². The van der Waals surface area contributed by atoms with E-state index in [4.69, 9.17) is 0 Å². The summed E-state index contributed by atoms with van der Waals surface area (Å²) in [5, 5.41) is 13.3. The summed E-state index contributed by atoms with van der Waals surface area (Å²) in [5.74, 6) is 1.23. The number of anilines is 1. The zero-order valence-electron chi connectivity index (χ0n) is 11.6. The van der Waals surface area contributed by atoms with E-state index in [1.54, 1.807) is 0 Å². The van der Waals surface area contributed by atoms with Crippen LogP contribution in [0.3, 0.4) is 0 Å². The summed E-state index contributed by atoms with van der Waals surface area (Å²) in [7, 11) is 1.91. The van der Waals surface area contributed by atoms with Crippen molar-refractivity contribution in [2.24, 2.45) is 5.92 Å². The molecular formula is C15H24N2O. The molecule has 1 aliphatic rings. The van der Waals surface area contributed by atoms with Gasteiger partial charge >= 0.3 is 0 Å². The molecule has 1 aromatic rings. The van der Waals surface area contributed by atoms with Gasteiger partial charge in [-0.2, -0.15) is 0 Å². The van der Waals surface area contributed by atoms with Crippen molar-refractivity contribution in [3.63, 3.8) is 0 Å². The number of aromatic hydroxyl groups is 1. The van der Waals surface area contributed by atoms with E-state index in [0.717, 1.165) is 30.3 Å². The van der Waals surface area contributed by atoms with Crippen LogP contribution < -0.4 is 10.2 Å². The molecule has 18 heavy (non-hydrogen) atoms. The second kappa shape index (κ2) is 5.61. The number of nitrogens with zero attached hydrogens (tertiary/aromatic N) is 1. The molecule has 0 spiro atoms. The van der Waals surface area contributed by atoms with Crippen LogP contribution in [0, 0.1) is 5.92 Å². The molecule has 1 aromatic carbocycles. The lowest BCUT2D eigenvalue weighted by atomic mass is 9.98. The van der Waals surface area contributed by atoms with Gasteiger partial charge < -0.3 is 15.3 Å². The molecule has 100 valence electrons. The molecule has 0 amide bonds. The van der Waals surface area contributed by atoms with E-state index in [0.29, 0.717) is 5.75 Å². The van der Waals surface area contributed by atoms with Crippen molar-refractivity contribution in [3.05, 3.63) is 23.8 Å². The van der Waals surface area contributed by atoms with Gasteiger partial charge in [-0.25, -0.2) is 0 Å². The van der Waals surface area contributed by atoms with Crippen molar-refractivity contribution in [2.45, 2.75) is 32.7 Å². The Labute approximate surface area is 110 Å². The minimum absolute atomic E-state index is 0.181. The number of piperidine rings is 1. The minimum atomic E-state index is 0.181. The number of rotatable bonds is 3. The van der Waals surface area contributed by atoms with Gasteiger partial charge in [0.1, 0.15) is 5.75 Å². The van der Waals surface area contributed by atoms with Crippen molar-refractivity contribution in [3.8, 4) is 5.75 Å². The normalized spacial score (nSPS) is 18.9. The predicted octanol–water partition coefficient (Wildman–Crippen LogP) is 2.91. The Kier molecular flexibility index (Phi) is 4.12. The zero-order chi connectivity index (χ0) is 13.1. The summed E-state index contributed by atoms with van der Waals surface area (Å²) < 4.78 is 0. The summed E-state index contributed by atoms with van der Waals surface area (Å²) >= 11 is 0. The fraction of sp³-hybridized carbons (Fsp3) is 0.600. The predicted molar refractivity (Wildman–Crippen MR) is 76.2 cm³/mol. The lowest BCUT2D eigenvalue weighted by Crippen LogP contribution is -2.32. The molecule has 1 unspecified atom stereocenters. The van der Waals surface area contributed by atoms with Crippen molar-refractivity contribution in [2.75, 3.05) is 25.0 Å².